The molecule has 8 heteroatoms. The van der Waals surface area contributed by atoms with Crippen molar-refractivity contribution in [3.8, 4) is 5.75 Å². The normalized spacial score (nSPS) is 18.3. The van der Waals surface area contributed by atoms with Gasteiger partial charge in [-0.15, -0.1) is 5.10 Å². The van der Waals surface area contributed by atoms with Gasteiger partial charge in [0, 0.05) is 28.5 Å². The van der Waals surface area contributed by atoms with E-state index in [4.69, 9.17) is 26.4 Å². The second kappa shape index (κ2) is 10.9. The van der Waals surface area contributed by atoms with Gasteiger partial charge in [0.2, 0.25) is 11.1 Å². The number of unbranched alkanes of at least 4 members (excludes halogenated alkanes) is 2. The van der Waals surface area contributed by atoms with Crippen LogP contribution in [0.3, 0.4) is 0 Å². The monoisotopic (exact) mass is 536 g/mol. The maximum Gasteiger partial charge on any atom is 0.227 e. The summed E-state index contributed by atoms with van der Waals surface area (Å²) in [7, 11) is 0. The molecule has 0 spiro atoms. The van der Waals surface area contributed by atoms with Gasteiger partial charge in [-0.2, -0.15) is 4.98 Å². The van der Waals surface area contributed by atoms with E-state index in [0.717, 1.165) is 52.4 Å². The van der Waals surface area contributed by atoms with Crippen molar-refractivity contribution in [2.45, 2.75) is 69.8 Å². The molecule has 37 heavy (non-hydrogen) atoms. The van der Waals surface area contributed by atoms with Gasteiger partial charge in [-0.25, -0.2) is 4.68 Å². The van der Waals surface area contributed by atoms with Crippen LogP contribution in [0.1, 0.15) is 70.0 Å². The number of carbonyl (C=O) groups excluding carboxylic acids is 1. The van der Waals surface area contributed by atoms with Crippen molar-refractivity contribution in [1.82, 2.24) is 14.8 Å². The molecule has 194 valence electrons. The SMILES string of the molecule is CCCCCOc1ccc(C2C3=C(CC(C)(C)CC3=O)Nc3nc(SCc4ccccc4Cl)nn32)cc1. The third-order valence-electron chi connectivity index (χ3n) is 6.84. The molecule has 2 heterocycles. The second-order valence-corrected chi connectivity index (χ2v) is 11.9. The van der Waals surface area contributed by atoms with Gasteiger partial charge in [0.25, 0.3) is 0 Å². The highest BCUT2D eigenvalue weighted by atomic mass is 35.5. The molecule has 1 unspecified atom stereocenters. The lowest BCUT2D eigenvalue weighted by molar-refractivity contribution is -0.118. The fraction of sp³-hybridized carbons (Fsp3) is 0.414. The summed E-state index contributed by atoms with van der Waals surface area (Å²) < 4.78 is 7.78. The van der Waals surface area contributed by atoms with Crippen molar-refractivity contribution in [3.05, 3.63) is 76.0 Å². The van der Waals surface area contributed by atoms with Gasteiger partial charge in [0.1, 0.15) is 11.8 Å². The molecule has 0 bridgehead atoms. The molecule has 0 saturated carbocycles. The molecule has 0 fully saturated rings. The van der Waals surface area contributed by atoms with Gasteiger partial charge >= 0.3 is 0 Å². The summed E-state index contributed by atoms with van der Waals surface area (Å²) in [6.07, 6.45) is 4.68. The van der Waals surface area contributed by atoms with Gasteiger partial charge in [-0.3, -0.25) is 4.79 Å². The van der Waals surface area contributed by atoms with Crippen LogP contribution in [-0.2, 0) is 10.5 Å². The summed E-state index contributed by atoms with van der Waals surface area (Å²) in [6.45, 7) is 7.17. The van der Waals surface area contributed by atoms with Crippen molar-refractivity contribution in [2.75, 3.05) is 11.9 Å². The number of thioether (sulfide) groups is 1. The maximum absolute atomic E-state index is 13.5. The molecule has 0 saturated heterocycles. The van der Waals surface area contributed by atoms with E-state index in [2.05, 4.69) is 26.1 Å². The predicted octanol–water partition coefficient (Wildman–Crippen LogP) is 7.45. The molecule has 0 radical (unpaired) electrons. The molecule has 1 aliphatic heterocycles. The highest BCUT2D eigenvalue weighted by molar-refractivity contribution is 7.98. The fourth-order valence-electron chi connectivity index (χ4n) is 5.00. The number of hydrogen-bond acceptors (Lipinski definition) is 6. The Balaban J connectivity index is 1.45. The Morgan fingerprint density at radius 2 is 1.92 bits per heavy atom. The number of hydrogen-bond donors (Lipinski definition) is 1. The Morgan fingerprint density at radius 1 is 1.14 bits per heavy atom. The number of nitrogens with one attached hydrogen (secondary N) is 1. The number of allylic oxidation sites excluding steroid dienone is 2. The van der Waals surface area contributed by atoms with E-state index >= 15 is 0 Å². The predicted molar refractivity (Wildman–Crippen MR) is 149 cm³/mol. The van der Waals surface area contributed by atoms with Crippen molar-refractivity contribution in [2.24, 2.45) is 5.41 Å². The highest BCUT2D eigenvalue weighted by Crippen LogP contribution is 2.46. The van der Waals surface area contributed by atoms with Crippen molar-refractivity contribution in [1.29, 1.82) is 0 Å². The molecule has 2 aliphatic rings. The molecular weight excluding hydrogens is 504 g/mol. The number of carbonyl (C=O) groups is 1. The summed E-state index contributed by atoms with van der Waals surface area (Å²) >= 11 is 7.89. The average molecular weight is 537 g/mol. The lowest BCUT2D eigenvalue weighted by Crippen LogP contribution is -2.36. The number of benzene rings is 2. The molecule has 5 rings (SSSR count). The van der Waals surface area contributed by atoms with Crippen molar-refractivity contribution in [3.63, 3.8) is 0 Å². The van der Waals surface area contributed by atoms with Crippen LogP contribution in [0, 0.1) is 5.41 Å². The molecule has 2 aromatic carbocycles. The first kappa shape index (κ1) is 25.9. The Kier molecular flexibility index (Phi) is 7.63. The van der Waals surface area contributed by atoms with Crippen LogP contribution >= 0.6 is 23.4 Å². The Bertz CT molecular complexity index is 1320. The van der Waals surface area contributed by atoms with Crippen LogP contribution in [0.4, 0.5) is 5.95 Å². The molecule has 1 N–H and O–H groups in total. The summed E-state index contributed by atoms with van der Waals surface area (Å²) in [6, 6.07) is 15.6. The maximum atomic E-state index is 13.5. The molecule has 1 aromatic heterocycles. The summed E-state index contributed by atoms with van der Waals surface area (Å²) in [5.41, 5.74) is 3.67. The van der Waals surface area contributed by atoms with Crippen LogP contribution in [0.2, 0.25) is 5.02 Å². The van der Waals surface area contributed by atoms with Crippen LogP contribution in [-0.4, -0.2) is 27.2 Å². The standard InChI is InChI=1S/C29H33ClN4O2S/c1-4-5-8-15-36-21-13-11-19(12-14-21)26-25-23(16-29(2,3)17-24(25)35)31-27-32-28(33-34(26)27)37-18-20-9-6-7-10-22(20)30/h6-7,9-14,26H,4-5,8,15-18H2,1-3H3,(H,31,32,33). The van der Waals surface area contributed by atoms with Gasteiger partial charge in [-0.05, 0) is 47.6 Å². The first-order valence-corrected chi connectivity index (χ1v) is 14.3. The minimum atomic E-state index is -0.328. The first-order chi connectivity index (χ1) is 17.8. The lowest BCUT2D eigenvalue weighted by Gasteiger charge is -2.38. The van der Waals surface area contributed by atoms with Crippen molar-refractivity contribution >= 4 is 35.1 Å². The number of ether oxygens (including phenoxy) is 1. The molecule has 1 aliphatic carbocycles. The molecule has 1 atom stereocenters. The topological polar surface area (TPSA) is 69.0 Å². The largest absolute Gasteiger partial charge is 0.494 e. The smallest absolute Gasteiger partial charge is 0.227 e. The number of Topliss-reactive ketones (excluding diaryl/α,β-unsaturated/α-hetero) is 1. The van der Waals surface area contributed by atoms with Crippen LogP contribution in [0.15, 0.2) is 65.0 Å². The van der Waals surface area contributed by atoms with Crippen LogP contribution < -0.4 is 10.1 Å². The van der Waals surface area contributed by atoms with Crippen LogP contribution in [0.25, 0.3) is 0 Å². The first-order valence-electron chi connectivity index (χ1n) is 12.9. The van der Waals surface area contributed by atoms with E-state index in [0.29, 0.717) is 29.9 Å². The summed E-state index contributed by atoms with van der Waals surface area (Å²) in [5.74, 6) is 2.33. The number of fused-ring (bicyclic) bond motifs is 1. The molecule has 3 aromatic rings. The van der Waals surface area contributed by atoms with E-state index in [1.807, 2.05) is 53.2 Å². The molecule has 0 amide bonds. The Hall–Kier alpha value is -2.77. The number of aromatic nitrogens is 3. The third kappa shape index (κ3) is 5.73. The second-order valence-electron chi connectivity index (χ2n) is 10.5. The zero-order chi connectivity index (χ0) is 26.0. The van der Waals surface area contributed by atoms with E-state index < -0.39 is 0 Å². The zero-order valence-electron chi connectivity index (χ0n) is 21.6. The highest BCUT2D eigenvalue weighted by Gasteiger charge is 2.41. The number of rotatable bonds is 9. The Labute approximate surface area is 227 Å². The lowest BCUT2D eigenvalue weighted by atomic mass is 9.73. The summed E-state index contributed by atoms with van der Waals surface area (Å²) in [5, 5.41) is 9.68. The molecule has 6 nitrogen and oxygen atoms in total. The third-order valence-corrected chi connectivity index (χ3v) is 8.09. The zero-order valence-corrected chi connectivity index (χ0v) is 23.2. The van der Waals surface area contributed by atoms with Gasteiger partial charge in [0.15, 0.2) is 5.78 Å². The number of anilines is 1. The number of halogens is 1. The van der Waals surface area contributed by atoms with Crippen LogP contribution in [0.5, 0.6) is 5.75 Å². The fourth-order valence-corrected chi connectivity index (χ4v) is 6.12. The van der Waals surface area contributed by atoms with E-state index in [1.54, 1.807) is 0 Å². The van der Waals surface area contributed by atoms with E-state index in [-0.39, 0.29) is 17.2 Å². The van der Waals surface area contributed by atoms with Gasteiger partial charge < -0.3 is 10.1 Å². The quantitative estimate of drug-likeness (QED) is 0.226. The molecular formula is C29H33ClN4O2S. The van der Waals surface area contributed by atoms with Crippen molar-refractivity contribution < 1.29 is 9.53 Å². The Morgan fingerprint density at radius 3 is 2.68 bits per heavy atom. The van der Waals surface area contributed by atoms with E-state index in [1.165, 1.54) is 18.2 Å². The minimum absolute atomic E-state index is 0.104. The number of nitrogens with zero attached hydrogens (tertiary/aromatic N) is 3. The average Bonchev–Trinajstić information content (AvgIpc) is 3.27. The van der Waals surface area contributed by atoms with Gasteiger partial charge in [0.05, 0.1) is 6.61 Å². The minimum Gasteiger partial charge on any atom is -0.494 e. The summed E-state index contributed by atoms with van der Waals surface area (Å²) in [4.78, 5) is 18.3. The number of ketones is 1. The van der Waals surface area contributed by atoms with Gasteiger partial charge in [-0.1, -0.05) is 87.3 Å². The van der Waals surface area contributed by atoms with E-state index in [9.17, 15) is 4.79 Å².